The van der Waals surface area contributed by atoms with Crippen LogP contribution in [0.5, 0.6) is 0 Å². The molecule has 2 aliphatic rings. The summed E-state index contributed by atoms with van der Waals surface area (Å²) in [5, 5.41) is 3.85. The van der Waals surface area contributed by atoms with E-state index in [0.29, 0.717) is 6.10 Å². The molecule has 0 radical (unpaired) electrons. The van der Waals surface area contributed by atoms with Gasteiger partial charge in [-0.1, -0.05) is 27.2 Å². The number of hydrogen-bond donors (Lipinski definition) is 1. The van der Waals surface area contributed by atoms with Crippen LogP contribution in [0.1, 0.15) is 52.9 Å². The molecule has 1 aliphatic heterocycles. The zero-order valence-corrected chi connectivity index (χ0v) is 11.7. The van der Waals surface area contributed by atoms with Crippen LogP contribution in [0, 0.1) is 17.8 Å². The van der Waals surface area contributed by atoms with E-state index < -0.39 is 0 Å². The molecule has 4 unspecified atom stereocenters. The lowest BCUT2D eigenvalue weighted by molar-refractivity contribution is 0.0839. The second kappa shape index (κ2) is 6.19. The Morgan fingerprint density at radius 1 is 1.12 bits per heavy atom. The normalized spacial score (nSPS) is 42.9. The first-order valence-electron chi connectivity index (χ1n) is 7.57. The number of nitrogens with one attached hydrogen (secondary N) is 1. The van der Waals surface area contributed by atoms with Gasteiger partial charge in [-0.3, -0.25) is 0 Å². The maximum absolute atomic E-state index is 5.77. The highest BCUT2D eigenvalue weighted by Crippen LogP contribution is 2.30. The highest BCUT2D eigenvalue weighted by molar-refractivity contribution is 4.86. The molecule has 2 nitrogen and oxygen atoms in total. The smallest absolute Gasteiger partial charge is 0.0613 e. The van der Waals surface area contributed by atoms with Crippen molar-refractivity contribution < 1.29 is 4.74 Å². The van der Waals surface area contributed by atoms with Crippen LogP contribution < -0.4 is 5.32 Å². The summed E-state index contributed by atoms with van der Waals surface area (Å²) in [7, 11) is 0. The lowest BCUT2D eigenvalue weighted by atomic mass is 9.78. The molecule has 1 saturated carbocycles. The van der Waals surface area contributed by atoms with Crippen LogP contribution in [0.4, 0.5) is 0 Å². The average molecular weight is 239 g/mol. The predicted octanol–water partition coefficient (Wildman–Crippen LogP) is 3.22. The van der Waals surface area contributed by atoms with Crippen LogP contribution >= 0.6 is 0 Å². The largest absolute Gasteiger partial charge is 0.378 e. The third-order valence-corrected chi connectivity index (χ3v) is 4.91. The summed E-state index contributed by atoms with van der Waals surface area (Å²) in [6.45, 7) is 9.21. The van der Waals surface area contributed by atoms with E-state index in [2.05, 4.69) is 26.1 Å². The fraction of sp³-hybridized carbons (Fsp3) is 1.00. The number of hydrogen-bond acceptors (Lipinski definition) is 2. The molecule has 2 heteroatoms. The Balaban J connectivity index is 1.80. The van der Waals surface area contributed by atoms with Crippen molar-refractivity contribution >= 4 is 0 Å². The van der Waals surface area contributed by atoms with Gasteiger partial charge in [-0.25, -0.2) is 0 Å². The van der Waals surface area contributed by atoms with E-state index in [4.69, 9.17) is 4.74 Å². The first-order chi connectivity index (χ1) is 8.22. The van der Waals surface area contributed by atoms with Gasteiger partial charge in [-0.05, 0) is 43.4 Å². The second-order valence-electron chi connectivity index (χ2n) is 6.19. The molecule has 0 aromatic heterocycles. The minimum Gasteiger partial charge on any atom is -0.378 e. The van der Waals surface area contributed by atoms with Crippen LogP contribution in [-0.2, 0) is 4.74 Å². The van der Waals surface area contributed by atoms with Crippen molar-refractivity contribution in [3.8, 4) is 0 Å². The molecule has 4 atom stereocenters. The molecule has 17 heavy (non-hydrogen) atoms. The van der Waals surface area contributed by atoms with Gasteiger partial charge >= 0.3 is 0 Å². The summed E-state index contributed by atoms with van der Waals surface area (Å²) in [4.78, 5) is 0. The predicted molar refractivity (Wildman–Crippen MR) is 72.1 cm³/mol. The Labute approximate surface area is 107 Å². The summed E-state index contributed by atoms with van der Waals surface area (Å²) in [5.41, 5.74) is 0. The van der Waals surface area contributed by atoms with Crippen LogP contribution in [0.2, 0.25) is 0 Å². The van der Waals surface area contributed by atoms with Gasteiger partial charge in [0.15, 0.2) is 0 Å². The van der Waals surface area contributed by atoms with E-state index in [0.717, 1.165) is 36.9 Å². The van der Waals surface area contributed by atoms with E-state index in [-0.39, 0.29) is 0 Å². The standard InChI is InChI=1S/C15H29NO/c1-4-14-13(8-9-17-14)10-16-15-11(2)6-5-7-12(15)3/h11-16H,4-10H2,1-3H3. The molecule has 0 aromatic rings. The number of rotatable bonds is 4. The van der Waals surface area contributed by atoms with Crippen molar-refractivity contribution in [2.45, 2.75) is 65.0 Å². The Morgan fingerprint density at radius 2 is 1.82 bits per heavy atom. The van der Waals surface area contributed by atoms with E-state index >= 15 is 0 Å². The maximum atomic E-state index is 5.77. The van der Waals surface area contributed by atoms with E-state index in [1.54, 1.807) is 0 Å². The van der Waals surface area contributed by atoms with Crippen molar-refractivity contribution in [1.82, 2.24) is 5.32 Å². The molecule has 0 bridgehead atoms. The van der Waals surface area contributed by atoms with E-state index in [9.17, 15) is 0 Å². The van der Waals surface area contributed by atoms with Gasteiger partial charge in [-0.2, -0.15) is 0 Å². The quantitative estimate of drug-likeness (QED) is 0.813. The molecule has 0 amide bonds. The van der Waals surface area contributed by atoms with Crippen molar-refractivity contribution in [1.29, 1.82) is 0 Å². The van der Waals surface area contributed by atoms with Gasteiger partial charge in [0.1, 0.15) is 0 Å². The highest BCUT2D eigenvalue weighted by Gasteiger charge is 2.31. The molecule has 100 valence electrons. The summed E-state index contributed by atoms with van der Waals surface area (Å²) < 4.78 is 5.77. The average Bonchev–Trinajstić information content (AvgIpc) is 2.76. The number of ether oxygens (including phenoxy) is 1. The minimum atomic E-state index is 0.511. The Morgan fingerprint density at radius 3 is 2.47 bits per heavy atom. The summed E-state index contributed by atoms with van der Waals surface area (Å²) in [6.07, 6.45) is 7.16. The molecule has 2 rings (SSSR count). The van der Waals surface area contributed by atoms with Crippen LogP contribution in [0.3, 0.4) is 0 Å². The first kappa shape index (κ1) is 13.4. The summed E-state index contributed by atoms with van der Waals surface area (Å²) >= 11 is 0. The van der Waals surface area contributed by atoms with Crippen molar-refractivity contribution in [3.63, 3.8) is 0 Å². The molecule has 1 N–H and O–H groups in total. The van der Waals surface area contributed by atoms with Gasteiger partial charge in [-0.15, -0.1) is 0 Å². The van der Waals surface area contributed by atoms with Crippen LogP contribution in [0.15, 0.2) is 0 Å². The van der Waals surface area contributed by atoms with Crippen LogP contribution in [-0.4, -0.2) is 25.3 Å². The minimum absolute atomic E-state index is 0.511. The third kappa shape index (κ3) is 3.23. The highest BCUT2D eigenvalue weighted by atomic mass is 16.5. The monoisotopic (exact) mass is 239 g/mol. The fourth-order valence-electron chi connectivity index (χ4n) is 3.75. The molecule has 0 aromatic carbocycles. The van der Waals surface area contributed by atoms with Gasteiger partial charge in [0.25, 0.3) is 0 Å². The summed E-state index contributed by atoms with van der Waals surface area (Å²) in [5.74, 6) is 2.45. The zero-order valence-electron chi connectivity index (χ0n) is 11.7. The molecule has 1 saturated heterocycles. The molecule has 1 heterocycles. The zero-order chi connectivity index (χ0) is 12.3. The third-order valence-electron chi connectivity index (χ3n) is 4.91. The first-order valence-corrected chi connectivity index (χ1v) is 7.57. The van der Waals surface area contributed by atoms with E-state index in [1.165, 1.54) is 32.1 Å². The molecule has 0 spiro atoms. The Bertz CT molecular complexity index is 221. The molecular weight excluding hydrogens is 210 g/mol. The topological polar surface area (TPSA) is 21.3 Å². The van der Waals surface area contributed by atoms with Crippen LogP contribution in [0.25, 0.3) is 0 Å². The van der Waals surface area contributed by atoms with Gasteiger partial charge in [0, 0.05) is 19.2 Å². The van der Waals surface area contributed by atoms with Crippen molar-refractivity contribution in [2.75, 3.05) is 13.2 Å². The maximum Gasteiger partial charge on any atom is 0.0613 e. The molecule has 2 fully saturated rings. The van der Waals surface area contributed by atoms with Crippen molar-refractivity contribution in [2.24, 2.45) is 17.8 Å². The van der Waals surface area contributed by atoms with E-state index in [1.807, 2.05) is 0 Å². The SMILES string of the molecule is CCC1OCCC1CNC1C(C)CCCC1C. The molecule has 1 aliphatic carbocycles. The lowest BCUT2D eigenvalue weighted by Crippen LogP contribution is -2.45. The lowest BCUT2D eigenvalue weighted by Gasteiger charge is -2.36. The molecular formula is C15H29NO. The Hall–Kier alpha value is -0.0800. The second-order valence-corrected chi connectivity index (χ2v) is 6.19. The summed E-state index contributed by atoms with van der Waals surface area (Å²) in [6, 6.07) is 0.738. The fourth-order valence-corrected chi connectivity index (χ4v) is 3.75. The van der Waals surface area contributed by atoms with Crippen molar-refractivity contribution in [3.05, 3.63) is 0 Å². The van der Waals surface area contributed by atoms with Gasteiger partial charge in [0.2, 0.25) is 0 Å². The Kier molecular flexibility index (Phi) is 4.87. The van der Waals surface area contributed by atoms with Gasteiger partial charge < -0.3 is 10.1 Å². The van der Waals surface area contributed by atoms with Gasteiger partial charge in [0.05, 0.1) is 6.10 Å².